The van der Waals surface area contributed by atoms with E-state index in [0.29, 0.717) is 5.69 Å². The molecule has 0 heterocycles. The van der Waals surface area contributed by atoms with Gasteiger partial charge in [0, 0.05) is 6.54 Å². The minimum Gasteiger partial charge on any atom is -0.426 e. The van der Waals surface area contributed by atoms with Crippen LogP contribution in [0.5, 0.6) is 5.75 Å². The molecule has 0 saturated heterocycles. The predicted octanol–water partition coefficient (Wildman–Crippen LogP) is 4.19. The maximum absolute atomic E-state index is 13.6. The molecule has 0 spiro atoms. The van der Waals surface area contributed by atoms with E-state index >= 15 is 0 Å². The number of carbonyl (C=O) groups excluding carboxylic acids is 1. The molecule has 7 heteroatoms. The normalized spacial score (nSPS) is 11.1. The Balaban J connectivity index is 1.74. The summed E-state index contributed by atoms with van der Waals surface area (Å²) < 4.78 is 46.0. The van der Waals surface area contributed by atoms with Crippen LogP contribution in [0.4, 0.5) is 10.1 Å². The van der Waals surface area contributed by atoms with Crippen molar-refractivity contribution in [2.45, 2.75) is 18.2 Å². The Morgan fingerprint density at radius 2 is 1.55 bits per heavy atom. The second-order valence-corrected chi connectivity index (χ2v) is 8.08. The lowest BCUT2D eigenvalue weighted by atomic mass is 10.1. The molecular formula is C22H20FNO4S. The number of nitrogens with zero attached hydrogens (tertiary/aromatic N) is 1. The van der Waals surface area contributed by atoms with E-state index in [-0.39, 0.29) is 29.2 Å². The third kappa shape index (κ3) is 4.81. The van der Waals surface area contributed by atoms with Crippen LogP contribution in [0.25, 0.3) is 0 Å². The van der Waals surface area contributed by atoms with E-state index in [1.165, 1.54) is 40.7 Å². The number of halogens is 1. The van der Waals surface area contributed by atoms with Crippen LogP contribution in [-0.2, 0) is 21.2 Å². The summed E-state index contributed by atoms with van der Waals surface area (Å²) in [6, 6.07) is 20.3. The van der Waals surface area contributed by atoms with Gasteiger partial charge in [-0.05, 0) is 55.0 Å². The van der Waals surface area contributed by atoms with Crippen molar-refractivity contribution < 1.29 is 22.3 Å². The van der Waals surface area contributed by atoms with Crippen molar-refractivity contribution >= 4 is 21.7 Å². The average molecular weight is 413 g/mol. The molecule has 3 aromatic carbocycles. The van der Waals surface area contributed by atoms with Crippen molar-refractivity contribution in [2.75, 3.05) is 10.8 Å². The van der Waals surface area contributed by atoms with Crippen molar-refractivity contribution in [3.63, 3.8) is 0 Å². The SMILES string of the molecule is CCN(c1ccccc1)S(=O)(=O)c1ccc(OC(=O)Cc2ccccc2F)cc1. The number of esters is 1. The van der Waals surface area contributed by atoms with Crippen LogP contribution in [-0.4, -0.2) is 20.9 Å². The predicted molar refractivity (Wildman–Crippen MR) is 109 cm³/mol. The minimum absolute atomic E-state index is 0.0807. The van der Waals surface area contributed by atoms with Crippen LogP contribution >= 0.6 is 0 Å². The van der Waals surface area contributed by atoms with Gasteiger partial charge in [-0.25, -0.2) is 12.8 Å². The molecule has 3 rings (SSSR count). The Morgan fingerprint density at radius 3 is 2.17 bits per heavy atom. The zero-order valence-corrected chi connectivity index (χ0v) is 16.6. The summed E-state index contributed by atoms with van der Waals surface area (Å²) in [7, 11) is -3.76. The van der Waals surface area contributed by atoms with Gasteiger partial charge in [-0.15, -0.1) is 0 Å². The Kier molecular flexibility index (Phi) is 6.29. The molecule has 0 atom stereocenters. The first kappa shape index (κ1) is 20.5. The van der Waals surface area contributed by atoms with Crippen LogP contribution in [0.2, 0.25) is 0 Å². The van der Waals surface area contributed by atoms with Gasteiger partial charge >= 0.3 is 5.97 Å². The third-order valence-electron chi connectivity index (χ3n) is 4.27. The number of sulfonamides is 1. The van der Waals surface area contributed by atoms with E-state index in [1.807, 2.05) is 6.07 Å². The molecule has 0 saturated carbocycles. The number of ether oxygens (including phenoxy) is 1. The van der Waals surface area contributed by atoms with E-state index in [2.05, 4.69) is 0 Å². The Labute approximate surface area is 169 Å². The van der Waals surface area contributed by atoms with Crippen molar-refractivity contribution in [1.82, 2.24) is 0 Å². The lowest BCUT2D eigenvalue weighted by molar-refractivity contribution is -0.133. The smallest absolute Gasteiger partial charge is 0.315 e. The first-order chi connectivity index (χ1) is 13.9. The second-order valence-electron chi connectivity index (χ2n) is 6.22. The standard InChI is InChI=1S/C22H20FNO4S/c1-2-24(18-9-4-3-5-10-18)29(26,27)20-14-12-19(13-15-20)28-22(25)16-17-8-6-7-11-21(17)23/h3-15H,2,16H2,1H3. The molecule has 0 aliphatic rings. The molecule has 0 radical (unpaired) electrons. The molecule has 0 aromatic heterocycles. The second kappa shape index (κ2) is 8.87. The quantitative estimate of drug-likeness (QED) is 0.430. The fourth-order valence-electron chi connectivity index (χ4n) is 2.86. The summed E-state index contributed by atoms with van der Waals surface area (Å²) in [4.78, 5) is 12.1. The van der Waals surface area contributed by atoms with Gasteiger partial charge in [0.1, 0.15) is 11.6 Å². The van der Waals surface area contributed by atoms with Crippen LogP contribution in [0.3, 0.4) is 0 Å². The molecule has 0 fully saturated rings. The Morgan fingerprint density at radius 1 is 0.931 bits per heavy atom. The van der Waals surface area contributed by atoms with Crippen LogP contribution < -0.4 is 9.04 Å². The maximum atomic E-state index is 13.6. The van der Waals surface area contributed by atoms with Gasteiger partial charge in [0.2, 0.25) is 0 Å². The molecule has 0 N–H and O–H groups in total. The van der Waals surface area contributed by atoms with Crippen LogP contribution in [0.1, 0.15) is 12.5 Å². The molecule has 5 nitrogen and oxygen atoms in total. The lowest BCUT2D eigenvalue weighted by Crippen LogP contribution is -2.30. The summed E-state index contributed by atoms with van der Waals surface area (Å²) in [5, 5.41) is 0. The highest BCUT2D eigenvalue weighted by atomic mass is 32.2. The van der Waals surface area contributed by atoms with E-state index in [1.54, 1.807) is 43.3 Å². The highest BCUT2D eigenvalue weighted by Crippen LogP contribution is 2.25. The minimum atomic E-state index is -3.76. The van der Waals surface area contributed by atoms with Crippen molar-refractivity contribution in [2.24, 2.45) is 0 Å². The van der Waals surface area contributed by atoms with Gasteiger partial charge in [-0.3, -0.25) is 9.10 Å². The van der Waals surface area contributed by atoms with Gasteiger partial charge in [-0.1, -0.05) is 36.4 Å². The third-order valence-corrected chi connectivity index (χ3v) is 6.18. The molecule has 0 bridgehead atoms. The van der Waals surface area contributed by atoms with Crippen LogP contribution in [0, 0.1) is 5.82 Å². The number of carbonyl (C=O) groups is 1. The summed E-state index contributed by atoms with van der Waals surface area (Å²) in [6.07, 6.45) is -0.218. The van der Waals surface area contributed by atoms with Gasteiger partial charge < -0.3 is 4.74 Å². The average Bonchev–Trinajstić information content (AvgIpc) is 2.71. The molecular weight excluding hydrogens is 393 g/mol. The topological polar surface area (TPSA) is 63.7 Å². The number of anilines is 1. The van der Waals surface area contributed by atoms with E-state index in [4.69, 9.17) is 4.74 Å². The monoisotopic (exact) mass is 413 g/mol. The van der Waals surface area contributed by atoms with Gasteiger partial charge in [-0.2, -0.15) is 0 Å². The summed E-state index contributed by atoms with van der Waals surface area (Å²) in [5.41, 5.74) is 0.800. The van der Waals surface area contributed by atoms with Crippen LogP contribution in [0.15, 0.2) is 83.8 Å². The van der Waals surface area contributed by atoms with E-state index in [0.717, 1.165) is 0 Å². The Hall–Kier alpha value is -3.19. The molecule has 0 unspecified atom stereocenters. The van der Waals surface area contributed by atoms with Crippen molar-refractivity contribution in [1.29, 1.82) is 0 Å². The first-order valence-electron chi connectivity index (χ1n) is 9.03. The number of benzene rings is 3. The zero-order chi connectivity index (χ0) is 20.9. The van der Waals surface area contributed by atoms with Gasteiger partial charge in [0.25, 0.3) is 10.0 Å². The first-order valence-corrected chi connectivity index (χ1v) is 10.5. The Bertz CT molecular complexity index is 1080. The number of rotatable bonds is 7. The van der Waals surface area contributed by atoms with E-state index < -0.39 is 21.8 Å². The summed E-state index contributed by atoms with van der Waals surface area (Å²) in [5.74, 6) is -0.926. The molecule has 29 heavy (non-hydrogen) atoms. The zero-order valence-electron chi connectivity index (χ0n) is 15.8. The highest BCUT2D eigenvalue weighted by molar-refractivity contribution is 7.92. The summed E-state index contributed by atoms with van der Waals surface area (Å²) in [6.45, 7) is 2.02. The number of hydrogen-bond donors (Lipinski definition) is 0. The molecule has 0 aliphatic heterocycles. The van der Waals surface area contributed by atoms with Crippen molar-refractivity contribution in [3.8, 4) is 5.75 Å². The molecule has 0 aliphatic carbocycles. The fraction of sp³-hybridized carbons (Fsp3) is 0.136. The number of hydrogen-bond acceptors (Lipinski definition) is 4. The number of para-hydroxylation sites is 1. The fourth-order valence-corrected chi connectivity index (χ4v) is 4.33. The largest absolute Gasteiger partial charge is 0.426 e. The highest BCUT2D eigenvalue weighted by Gasteiger charge is 2.23. The lowest BCUT2D eigenvalue weighted by Gasteiger charge is -2.22. The maximum Gasteiger partial charge on any atom is 0.315 e. The van der Waals surface area contributed by atoms with Gasteiger partial charge in [0.15, 0.2) is 0 Å². The molecule has 3 aromatic rings. The van der Waals surface area contributed by atoms with E-state index in [9.17, 15) is 17.6 Å². The molecule has 150 valence electrons. The van der Waals surface area contributed by atoms with Crippen molar-refractivity contribution in [3.05, 3.63) is 90.2 Å². The van der Waals surface area contributed by atoms with Gasteiger partial charge in [0.05, 0.1) is 17.0 Å². The summed E-state index contributed by atoms with van der Waals surface area (Å²) >= 11 is 0. The molecule has 0 amide bonds.